The number of hydrogen-bond donors (Lipinski definition) is 6. The van der Waals surface area contributed by atoms with Gasteiger partial charge in [-0.1, -0.05) is 31.9 Å². The summed E-state index contributed by atoms with van der Waals surface area (Å²) in [6.45, 7) is 0.390. The maximum absolute atomic E-state index is 10.4. The molecule has 154 valence electrons. The number of halogens is 2. The van der Waals surface area contributed by atoms with Crippen molar-refractivity contribution in [2.75, 3.05) is 13.2 Å². The normalized spacial score (nSPS) is 9.43. The lowest BCUT2D eigenvalue weighted by atomic mass is 10.2. The Balaban J connectivity index is 0.000000411. The molecule has 0 aliphatic heterocycles. The SMILES string of the molecule is O=C(O)c1cc(Br)ccc1O.O=C(O)c1cc(Br)ccc1O.OCCCCO. The van der Waals surface area contributed by atoms with Gasteiger partial charge >= 0.3 is 11.9 Å². The summed E-state index contributed by atoms with van der Waals surface area (Å²) in [5.41, 5.74) is -0.196. The summed E-state index contributed by atoms with van der Waals surface area (Å²) in [6.07, 6.45) is 1.44. The highest BCUT2D eigenvalue weighted by Crippen LogP contribution is 2.22. The Hall–Kier alpha value is -2.14. The van der Waals surface area contributed by atoms with E-state index in [4.69, 9.17) is 30.6 Å². The van der Waals surface area contributed by atoms with E-state index in [0.29, 0.717) is 8.95 Å². The molecule has 0 radical (unpaired) electrons. The van der Waals surface area contributed by atoms with Gasteiger partial charge in [0, 0.05) is 22.2 Å². The lowest BCUT2D eigenvalue weighted by molar-refractivity contribution is 0.0682. The van der Waals surface area contributed by atoms with E-state index >= 15 is 0 Å². The molecule has 2 aromatic carbocycles. The van der Waals surface area contributed by atoms with Crippen LogP contribution in [0.2, 0.25) is 0 Å². The molecular weight excluding hydrogens is 504 g/mol. The van der Waals surface area contributed by atoms with E-state index in [1.807, 2.05) is 0 Å². The predicted molar refractivity (Wildman–Crippen MR) is 109 cm³/mol. The van der Waals surface area contributed by atoms with E-state index in [2.05, 4.69) is 31.9 Å². The van der Waals surface area contributed by atoms with Gasteiger partial charge in [0.25, 0.3) is 0 Å². The van der Waals surface area contributed by atoms with E-state index < -0.39 is 11.9 Å². The highest BCUT2D eigenvalue weighted by Gasteiger charge is 2.09. The van der Waals surface area contributed by atoms with E-state index in [-0.39, 0.29) is 35.8 Å². The van der Waals surface area contributed by atoms with Crippen molar-refractivity contribution in [1.82, 2.24) is 0 Å². The molecule has 0 unspecified atom stereocenters. The zero-order valence-electron chi connectivity index (χ0n) is 14.5. The zero-order valence-corrected chi connectivity index (χ0v) is 17.7. The van der Waals surface area contributed by atoms with Crippen molar-refractivity contribution in [1.29, 1.82) is 0 Å². The molecule has 0 fully saturated rings. The molecule has 0 saturated heterocycles. The van der Waals surface area contributed by atoms with Gasteiger partial charge in [-0.25, -0.2) is 9.59 Å². The van der Waals surface area contributed by atoms with E-state index in [0.717, 1.165) is 12.8 Å². The van der Waals surface area contributed by atoms with Crippen LogP contribution in [0.4, 0.5) is 0 Å². The fourth-order valence-corrected chi connectivity index (χ4v) is 2.30. The molecular formula is C18H20Br2O8. The molecule has 0 saturated carbocycles. The van der Waals surface area contributed by atoms with Crippen molar-refractivity contribution in [3.63, 3.8) is 0 Å². The van der Waals surface area contributed by atoms with Crippen LogP contribution >= 0.6 is 31.9 Å². The van der Waals surface area contributed by atoms with E-state index in [9.17, 15) is 9.59 Å². The minimum atomic E-state index is -1.14. The number of rotatable bonds is 5. The lowest BCUT2D eigenvalue weighted by Crippen LogP contribution is -1.95. The summed E-state index contributed by atoms with van der Waals surface area (Å²) in [5, 5.41) is 51.2. The quantitative estimate of drug-likeness (QED) is 0.325. The van der Waals surface area contributed by atoms with Gasteiger partial charge in [0.2, 0.25) is 0 Å². The molecule has 2 aromatic rings. The molecule has 0 atom stereocenters. The lowest BCUT2D eigenvalue weighted by Gasteiger charge is -1.98. The van der Waals surface area contributed by atoms with Crippen LogP contribution in [0.1, 0.15) is 33.6 Å². The maximum Gasteiger partial charge on any atom is 0.339 e. The number of phenols is 2. The molecule has 2 rings (SSSR count). The zero-order chi connectivity index (χ0) is 21.7. The fourth-order valence-electron chi connectivity index (χ4n) is 1.58. The summed E-state index contributed by atoms with van der Waals surface area (Å²) in [7, 11) is 0. The van der Waals surface area contributed by atoms with Crippen LogP contribution in [0, 0.1) is 0 Å². The second-order valence-corrected chi connectivity index (χ2v) is 6.92. The summed E-state index contributed by atoms with van der Waals surface area (Å²) >= 11 is 6.18. The van der Waals surface area contributed by atoms with Gasteiger partial charge in [-0.05, 0) is 49.2 Å². The van der Waals surface area contributed by atoms with E-state index in [1.165, 1.54) is 24.3 Å². The summed E-state index contributed by atoms with van der Waals surface area (Å²) in [4.78, 5) is 20.8. The Morgan fingerprint density at radius 2 is 1.04 bits per heavy atom. The first-order chi connectivity index (χ1) is 13.1. The minimum absolute atomic E-state index is 0.0978. The molecule has 0 heterocycles. The number of aromatic carboxylic acids is 2. The molecule has 0 spiro atoms. The second-order valence-electron chi connectivity index (χ2n) is 5.09. The topological polar surface area (TPSA) is 156 Å². The Morgan fingerprint density at radius 1 is 0.714 bits per heavy atom. The van der Waals surface area contributed by atoms with Gasteiger partial charge in [-0.3, -0.25) is 0 Å². The highest BCUT2D eigenvalue weighted by molar-refractivity contribution is 9.10. The summed E-state index contributed by atoms with van der Waals surface area (Å²) in [6, 6.07) is 8.49. The van der Waals surface area contributed by atoms with Crippen molar-refractivity contribution in [3.05, 3.63) is 56.5 Å². The first-order valence-electron chi connectivity index (χ1n) is 7.79. The maximum atomic E-state index is 10.4. The van der Waals surface area contributed by atoms with Crippen LogP contribution in [0.5, 0.6) is 11.5 Å². The van der Waals surface area contributed by atoms with Gasteiger partial charge in [-0.15, -0.1) is 0 Å². The number of aliphatic hydroxyl groups is 2. The molecule has 8 nitrogen and oxygen atoms in total. The van der Waals surface area contributed by atoms with Crippen molar-refractivity contribution < 1.29 is 40.2 Å². The van der Waals surface area contributed by atoms with Crippen LogP contribution in [-0.2, 0) is 0 Å². The molecule has 10 heteroatoms. The van der Waals surface area contributed by atoms with Gasteiger partial charge in [0.1, 0.15) is 22.6 Å². The minimum Gasteiger partial charge on any atom is -0.507 e. The van der Waals surface area contributed by atoms with Crippen molar-refractivity contribution in [3.8, 4) is 11.5 Å². The molecule has 28 heavy (non-hydrogen) atoms. The number of unbranched alkanes of at least 4 members (excludes halogenated alkanes) is 1. The van der Waals surface area contributed by atoms with E-state index in [1.54, 1.807) is 12.1 Å². The van der Waals surface area contributed by atoms with Crippen LogP contribution in [-0.4, -0.2) is 55.8 Å². The monoisotopic (exact) mass is 522 g/mol. The molecule has 0 aromatic heterocycles. The molecule has 0 aliphatic rings. The molecule has 6 N–H and O–H groups in total. The number of benzene rings is 2. The largest absolute Gasteiger partial charge is 0.507 e. The third kappa shape index (κ3) is 10.3. The Labute approximate surface area is 178 Å². The number of aromatic hydroxyl groups is 2. The van der Waals surface area contributed by atoms with Crippen LogP contribution in [0.3, 0.4) is 0 Å². The Kier molecular flexibility index (Phi) is 12.9. The number of carboxylic acids is 2. The highest BCUT2D eigenvalue weighted by atomic mass is 79.9. The third-order valence-corrected chi connectivity index (χ3v) is 3.93. The van der Waals surface area contributed by atoms with Crippen molar-refractivity contribution >= 4 is 43.8 Å². The number of aliphatic hydroxyl groups excluding tert-OH is 2. The van der Waals surface area contributed by atoms with Crippen LogP contribution < -0.4 is 0 Å². The molecule has 0 bridgehead atoms. The first kappa shape index (κ1) is 25.9. The average molecular weight is 524 g/mol. The second kappa shape index (κ2) is 13.9. The van der Waals surface area contributed by atoms with Gasteiger partial charge < -0.3 is 30.6 Å². The number of hydrogen-bond acceptors (Lipinski definition) is 6. The smallest absolute Gasteiger partial charge is 0.339 e. The fraction of sp³-hybridized carbons (Fsp3) is 0.222. The Morgan fingerprint density at radius 3 is 1.25 bits per heavy atom. The summed E-state index contributed by atoms with van der Waals surface area (Å²) < 4.78 is 1.26. The predicted octanol–water partition coefficient (Wildman–Crippen LogP) is 3.46. The molecule has 0 amide bonds. The van der Waals surface area contributed by atoms with Gasteiger partial charge in [0.15, 0.2) is 0 Å². The van der Waals surface area contributed by atoms with Crippen LogP contribution in [0.25, 0.3) is 0 Å². The third-order valence-electron chi connectivity index (χ3n) is 2.94. The number of carbonyl (C=O) groups is 2. The Bertz CT molecular complexity index is 715. The number of carboxylic acid groups (broad SMARTS) is 2. The first-order valence-corrected chi connectivity index (χ1v) is 9.38. The van der Waals surface area contributed by atoms with Gasteiger partial charge in [-0.2, -0.15) is 0 Å². The van der Waals surface area contributed by atoms with Crippen molar-refractivity contribution in [2.45, 2.75) is 12.8 Å². The van der Waals surface area contributed by atoms with Gasteiger partial charge in [0.05, 0.1) is 0 Å². The summed E-state index contributed by atoms with van der Waals surface area (Å²) in [5.74, 6) is -2.71. The van der Waals surface area contributed by atoms with Crippen molar-refractivity contribution in [2.24, 2.45) is 0 Å². The molecule has 0 aliphatic carbocycles. The standard InChI is InChI=1S/2C7H5BrO3.C4H10O2/c2*8-4-1-2-6(9)5(3-4)7(10)11;5-3-1-2-4-6/h2*1-3,9H,(H,10,11);5-6H,1-4H2. The van der Waals surface area contributed by atoms with Crippen LogP contribution in [0.15, 0.2) is 45.3 Å². The average Bonchev–Trinajstić information content (AvgIpc) is 2.64.